The fourth-order valence-electron chi connectivity index (χ4n) is 6.11. The fourth-order valence-corrected chi connectivity index (χ4v) is 12.2. The molecular weight excluding hydrogens is 759 g/mol. The Balaban J connectivity index is 0.000000265. The van der Waals surface area contributed by atoms with Gasteiger partial charge in [-0.1, -0.05) is 116 Å². The molecule has 5 heteroatoms. The summed E-state index contributed by atoms with van der Waals surface area (Å²) < 4.78 is 1.42. The third-order valence-corrected chi connectivity index (χ3v) is 15.1. The summed E-state index contributed by atoms with van der Waals surface area (Å²) in [5.41, 5.74) is 5.87. The van der Waals surface area contributed by atoms with Crippen molar-refractivity contribution in [2.75, 3.05) is 0 Å². The van der Waals surface area contributed by atoms with Crippen LogP contribution in [0.5, 0.6) is 0 Å². The van der Waals surface area contributed by atoms with E-state index in [4.69, 9.17) is 0 Å². The molecule has 0 saturated carbocycles. The molecule has 5 aromatic carbocycles. The molecule has 0 nitrogen and oxygen atoms in total. The number of allylic oxidation sites excluding steroid dienone is 4. The predicted octanol–water partition coefficient (Wildman–Crippen LogP) is 6.92. The molecule has 0 heterocycles. The third-order valence-electron chi connectivity index (χ3n) is 9.12. The minimum atomic E-state index is -1.10. The monoisotopic (exact) mass is 812 g/mol. The first-order valence-electron chi connectivity index (χ1n) is 17.4. The molecule has 6 rings (SSSR count). The average molecular weight is 815 g/mol. The molecule has 0 atom stereocenters. The van der Waals surface area contributed by atoms with Crippen LogP contribution in [-0.4, -0.2) is 19.4 Å². The van der Waals surface area contributed by atoms with Gasteiger partial charge in [-0.05, 0) is 18.9 Å². The normalized spacial score (nSPS) is 13.2. The maximum absolute atomic E-state index is 3.41. The van der Waals surface area contributed by atoms with Crippen LogP contribution < -0.4 is 24.8 Å². The van der Waals surface area contributed by atoms with E-state index in [-0.39, 0.29) is 35.6 Å². The Bertz CT molecular complexity index is 1810. The van der Waals surface area contributed by atoms with Crippen molar-refractivity contribution in [2.45, 2.75) is 98.1 Å². The Morgan fingerprint density at radius 2 is 1.00 bits per heavy atom. The number of benzene rings is 4. The summed E-state index contributed by atoms with van der Waals surface area (Å²) >= 11 is 1.46. The van der Waals surface area contributed by atoms with E-state index in [0.29, 0.717) is 0 Å². The van der Waals surface area contributed by atoms with Gasteiger partial charge in [0.05, 0.1) is 8.07 Å². The van der Waals surface area contributed by atoms with E-state index in [2.05, 4.69) is 196 Å². The van der Waals surface area contributed by atoms with Crippen molar-refractivity contribution in [2.24, 2.45) is 0 Å². The Morgan fingerprint density at radius 3 is 1.32 bits per heavy atom. The van der Waals surface area contributed by atoms with Crippen LogP contribution in [0.3, 0.4) is 0 Å². The molecule has 0 spiro atoms. The van der Waals surface area contributed by atoms with Gasteiger partial charge in [-0.15, -0.1) is 46.2 Å². The van der Waals surface area contributed by atoms with Gasteiger partial charge >= 0.3 is 99.2 Å². The van der Waals surface area contributed by atoms with Gasteiger partial charge in [0.1, 0.15) is 0 Å². The zero-order valence-corrected chi connectivity index (χ0v) is 38.3. The quantitative estimate of drug-likeness (QED) is 0.137. The molecular formula is C45H56Cl2Si2Zr-2. The van der Waals surface area contributed by atoms with E-state index in [1.807, 2.05) is 0 Å². The zero-order chi connectivity index (χ0) is 35.5. The Hall–Kier alpha value is -2.00. The zero-order valence-electron chi connectivity index (χ0n) is 32.4. The van der Waals surface area contributed by atoms with Crippen LogP contribution in [0.25, 0.3) is 21.5 Å². The van der Waals surface area contributed by atoms with Gasteiger partial charge in [-0.3, -0.25) is 6.08 Å². The van der Waals surface area contributed by atoms with E-state index >= 15 is 0 Å². The Kier molecular flexibility index (Phi) is 15.6. The van der Waals surface area contributed by atoms with Crippen molar-refractivity contribution in [3.63, 3.8) is 0 Å². The number of halogens is 2. The molecule has 0 N–H and O–H groups in total. The van der Waals surface area contributed by atoms with Crippen LogP contribution in [0.4, 0.5) is 0 Å². The van der Waals surface area contributed by atoms with E-state index in [1.54, 1.807) is 10.4 Å². The molecule has 0 saturated heterocycles. The molecule has 0 fully saturated rings. The molecule has 0 aromatic heterocycles. The minimum absolute atomic E-state index is 0. The van der Waals surface area contributed by atoms with Gasteiger partial charge in [0.2, 0.25) is 0 Å². The van der Waals surface area contributed by atoms with Gasteiger partial charge in [-0.25, -0.2) is 11.3 Å². The van der Waals surface area contributed by atoms with E-state index in [1.165, 1.54) is 71.2 Å². The standard InChI is InChI=1S/C21H25.C13H10.C11H21Si2.2ClH.Zr/c1-20(2,3)16-7-9-18-14(12-16)11-15-13-17(21(4,5)6)8-10-19(15)18;1-3-7-12(8-4-1)11-13-9-5-2-6-10-13;1-12(2,3)10-8-7-9-11(10)13(4,5)6;;;/h7-13H,1-6H3;1-10H;8H,9H2,1-6H3;2*1H;/q-1;;-1;;;+2/p-2. The summed E-state index contributed by atoms with van der Waals surface area (Å²) in [6.45, 7) is 28.3. The van der Waals surface area contributed by atoms with Crippen molar-refractivity contribution in [3.05, 3.63) is 148 Å². The van der Waals surface area contributed by atoms with Crippen molar-refractivity contribution in [1.29, 1.82) is 0 Å². The summed E-state index contributed by atoms with van der Waals surface area (Å²) in [7, 11) is -2.18. The van der Waals surface area contributed by atoms with E-state index in [9.17, 15) is 0 Å². The Labute approximate surface area is 333 Å². The van der Waals surface area contributed by atoms with Crippen LogP contribution in [-0.2, 0) is 35.1 Å². The van der Waals surface area contributed by atoms with Gasteiger partial charge < -0.3 is 24.8 Å². The summed E-state index contributed by atoms with van der Waals surface area (Å²) in [4.78, 5) is 0. The fraction of sp³-hybridized carbons (Fsp3) is 0.333. The van der Waals surface area contributed by atoms with Crippen molar-refractivity contribution in [1.82, 2.24) is 0 Å². The summed E-state index contributed by atoms with van der Waals surface area (Å²) in [5, 5.41) is 8.92. The van der Waals surface area contributed by atoms with Crippen LogP contribution in [0, 0.1) is 6.08 Å². The topological polar surface area (TPSA) is 0 Å². The molecule has 0 bridgehead atoms. The summed E-state index contributed by atoms with van der Waals surface area (Å²) in [6.07, 6.45) is 6.80. The van der Waals surface area contributed by atoms with Crippen molar-refractivity contribution < 1.29 is 49.0 Å². The van der Waals surface area contributed by atoms with Crippen molar-refractivity contribution >= 4 is 40.9 Å². The van der Waals surface area contributed by atoms with Crippen LogP contribution in [0.15, 0.2) is 120 Å². The second-order valence-corrected chi connectivity index (χ2v) is 28.6. The second-order valence-electron chi connectivity index (χ2n) is 17.3. The summed E-state index contributed by atoms with van der Waals surface area (Å²) in [5.74, 6) is 0. The molecule has 5 aromatic rings. The molecule has 1 aliphatic carbocycles. The second kappa shape index (κ2) is 17.7. The van der Waals surface area contributed by atoms with Gasteiger partial charge in [0.25, 0.3) is 0 Å². The molecule has 0 radical (unpaired) electrons. The average Bonchev–Trinajstić information content (AvgIpc) is 3.67. The number of rotatable bonds is 4. The van der Waals surface area contributed by atoms with Crippen LogP contribution in [0.2, 0.25) is 39.3 Å². The molecule has 0 amide bonds. The maximum atomic E-state index is 3.41. The van der Waals surface area contributed by atoms with E-state index in [0.717, 1.165) is 6.42 Å². The van der Waals surface area contributed by atoms with Crippen molar-refractivity contribution in [3.8, 4) is 0 Å². The van der Waals surface area contributed by atoms with Gasteiger partial charge in [0, 0.05) is 0 Å². The summed E-state index contributed by atoms with van der Waals surface area (Å²) in [6, 6.07) is 37.3. The van der Waals surface area contributed by atoms with Gasteiger partial charge in [0.15, 0.2) is 0 Å². The predicted molar refractivity (Wildman–Crippen MR) is 217 cm³/mol. The van der Waals surface area contributed by atoms with E-state index < -0.39 is 16.1 Å². The van der Waals surface area contributed by atoms with Crippen LogP contribution >= 0.6 is 0 Å². The van der Waals surface area contributed by atoms with Crippen LogP contribution in [0.1, 0.15) is 70.2 Å². The number of hydrogen-bond donors (Lipinski definition) is 0. The number of hydrogen-bond acceptors (Lipinski definition) is 0. The molecule has 50 heavy (non-hydrogen) atoms. The molecule has 1 aliphatic rings. The number of fused-ring (bicyclic) bond motifs is 3. The Morgan fingerprint density at radius 1 is 0.600 bits per heavy atom. The molecule has 264 valence electrons. The molecule has 0 unspecified atom stereocenters. The SMILES string of the molecule is CC(C)(C)c1ccc2c(c1)[cH-]c1cc(C(C)(C)C)ccc12.C[Si](C)(C)C1=C([Si](C)(C)C)C[C-]=C1.[Cl-].[Cl-].[Zr+2]=[C](c1ccccc1)c1ccccc1. The van der Waals surface area contributed by atoms with Gasteiger partial charge in [-0.2, -0.15) is 5.20 Å². The third kappa shape index (κ3) is 11.5. The first-order valence-corrected chi connectivity index (χ1v) is 25.6. The first kappa shape index (κ1) is 44.2. The first-order chi connectivity index (χ1) is 22.3. The molecule has 0 aliphatic heterocycles.